The molecule has 31 heavy (non-hydrogen) atoms. The number of rotatable bonds is 3. The predicted octanol–water partition coefficient (Wildman–Crippen LogP) is 4.64. The van der Waals surface area contributed by atoms with Gasteiger partial charge in [-0.3, -0.25) is 12.4 Å². The van der Waals surface area contributed by atoms with Gasteiger partial charge in [0.05, 0.1) is 12.6 Å². The average Bonchev–Trinajstić information content (AvgIpc) is 3.08. The summed E-state index contributed by atoms with van der Waals surface area (Å²) in [7, 11) is 4.23. The minimum atomic E-state index is -0.544. The van der Waals surface area contributed by atoms with Gasteiger partial charge in [0, 0.05) is 44.7 Å². The van der Waals surface area contributed by atoms with E-state index in [0.29, 0.717) is 11.6 Å². The molecule has 0 saturated carbocycles. The molecule has 0 aliphatic carbocycles. The first-order chi connectivity index (χ1) is 14.2. The first kappa shape index (κ1) is 24.0. The Hall–Kier alpha value is -1.65. The minimum Gasteiger partial charge on any atom is -0.453 e. The van der Waals surface area contributed by atoms with Crippen LogP contribution in [0.5, 0.6) is 0 Å². The second-order valence-electron chi connectivity index (χ2n) is 9.15. The van der Waals surface area contributed by atoms with E-state index < -0.39 is 11.7 Å². The topological polar surface area (TPSA) is 73.8 Å². The Morgan fingerprint density at radius 1 is 1.26 bits per heavy atom. The molecule has 0 aromatic heterocycles. The van der Waals surface area contributed by atoms with Gasteiger partial charge in [-0.05, 0) is 80.6 Å². The number of amides is 1. The predicted molar refractivity (Wildman–Crippen MR) is 119 cm³/mol. The molecular formula is C24H30CdN3O3-. The molecule has 2 aliphatic heterocycles. The van der Waals surface area contributed by atoms with E-state index in [4.69, 9.17) is 4.74 Å². The molecule has 3 N–H and O–H groups in total. The number of ether oxygens (including phenoxy) is 1. The number of carbonyl (C=O) groups excluding carboxylic acids is 1. The van der Waals surface area contributed by atoms with Crippen LogP contribution in [-0.2, 0) is 32.0 Å². The third-order valence-corrected chi connectivity index (χ3v) is 5.81. The van der Waals surface area contributed by atoms with Crippen LogP contribution < -0.4 is 10.6 Å². The van der Waals surface area contributed by atoms with Crippen molar-refractivity contribution >= 4 is 17.5 Å². The summed E-state index contributed by atoms with van der Waals surface area (Å²) in [5.41, 5.74) is 4.50. The molecule has 2 heterocycles. The van der Waals surface area contributed by atoms with Crippen molar-refractivity contribution in [2.45, 2.75) is 44.9 Å². The Labute approximate surface area is 204 Å². The van der Waals surface area contributed by atoms with Crippen LogP contribution in [-0.4, -0.2) is 40.9 Å². The molecule has 4 rings (SSSR count). The number of aliphatic hydroxyl groups excluding tert-OH is 1. The van der Waals surface area contributed by atoms with Gasteiger partial charge in [0.25, 0.3) is 0 Å². The van der Waals surface area contributed by atoms with Crippen LogP contribution in [0.2, 0.25) is 0 Å². The fraction of sp³-hybridized carbons (Fsp3) is 0.417. The summed E-state index contributed by atoms with van der Waals surface area (Å²) < 4.78 is 5.35. The van der Waals surface area contributed by atoms with Gasteiger partial charge in [0.2, 0.25) is 0 Å². The third-order valence-electron chi connectivity index (χ3n) is 5.81. The first-order valence-corrected chi connectivity index (χ1v) is 10.4. The standard InChI is InChI=1S/C24H30N3O3.Cd/c1-24(2,3)30-23(29)25-17-7-5-6-15(12-17)16-8-9-20-19(13-16)22-18(10-11-27(22)4)21(14-28)26-20;/h5-9,12-13,18,21-22,26,28H,4,10-11,14H2,1-3H3,(H,25,29);/q-1;/t18-,21-,22-;/m1./s1. The van der Waals surface area contributed by atoms with Crippen LogP contribution in [0.15, 0.2) is 42.5 Å². The van der Waals surface area contributed by atoms with Crippen LogP contribution in [0.4, 0.5) is 16.2 Å². The quantitative estimate of drug-likeness (QED) is 0.406. The van der Waals surface area contributed by atoms with Crippen molar-refractivity contribution in [1.29, 1.82) is 0 Å². The van der Waals surface area contributed by atoms with Gasteiger partial charge >= 0.3 is 6.09 Å². The van der Waals surface area contributed by atoms with Gasteiger partial charge in [-0.1, -0.05) is 18.2 Å². The monoisotopic (exact) mass is 522 g/mol. The second-order valence-corrected chi connectivity index (χ2v) is 9.15. The number of fused-ring (bicyclic) bond motifs is 3. The summed E-state index contributed by atoms with van der Waals surface area (Å²) in [6.07, 6.45) is 0.552. The number of nitrogens with one attached hydrogen (secondary N) is 2. The number of carbonyl (C=O) groups is 1. The maximum Gasteiger partial charge on any atom is 0.412 e. The van der Waals surface area contributed by atoms with E-state index in [0.717, 1.165) is 29.8 Å². The summed E-state index contributed by atoms with van der Waals surface area (Å²) in [5, 5.41) is 16.1. The van der Waals surface area contributed by atoms with Crippen molar-refractivity contribution in [1.82, 2.24) is 4.90 Å². The molecule has 1 saturated heterocycles. The Morgan fingerprint density at radius 3 is 2.71 bits per heavy atom. The zero-order valence-electron chi connectivity index (χ0n) is 18.5. The molecule has 162 valence electrons. The van der Waals surface area contributed by atoms with Gasteiger partial charge in [0.1, 0.15) is 5.60 Å². The molecule has 1 fully saturated rings. The van der Waals surface area contributed by atoms with E-state index in [1.165, 1.54) is 5.56 Å². The van der Waals surface area contributed by atoms with Crippen molar-refractivity contribution in [3.8, 4) is 11.1 Å². The molecule has 1 amide bonds. The Balaban J connectivity index is 0.00000272. The number of hydrogen-bond donors (Lipinski definition) is 3. The Bertz CT molecular complexity index is 944. The Kier molecular flexibility index (Phi) is 7.32. The van der Waals surface area contributed by atoms with Crippen molar-refractivity contribution < 1.29 is 41.9 Å². The molecule has 2 aromatic rings. The molecule has 2 aliphatic rings. The Morgan fingerprint density at radius 2 is 2.00 bits per heavy atom. The summed E-state index contributed by atoms with van der Waals surface area (Å²) in [6, 6.07) is 14.3. The fourth-order valence-electron chi connectivity index (χ4n) is 4.54. The zero-order chi connectivity index (χ0) is 21.5. The van der Waals surface area contributed by atoms with E-state index in [9.17, 15) is 9.90 Å². The average molecular weight is 521 g/mol. The van der Waals surface area contributed by atoms with Crippen LogP contribution in [0.25, 0.3) is 11.1 Å². The number of aliphatic hydroxyl groups is 1. The number of nitrogens with zero attached hydrogens (tertiary/aromatic N) is 1. The largest absolute Gasteiger partial charge is 0.453 e. The summed E-state index contributed by atoms with van der Waals surface area (Å²) in [6.45, 7) is 6.57. The van der Waals surface area contributed by atoms with Gasteiger partial charge in [-0.25, -0.2) is 4.79 Å². The SMILES string of the molecule is [CH2-]N1CC[C@@H]2[C@@H](CO)Nc3ccc(-c4cccc(NC(=O)OC(C)(C)C)c4)cc3[C@@H]21.[Cd]. The number of likely N-dealkylation sites (tertiary alicyclic amines) is 1. The van der Waals surface area contributed by atoms with Crippen molar-refractivity contribution in [3.63, 3.8) is 0 Å². The summed E-state index contributed by atoms with van der Waals surface area (Å²) in [5.74, 6) is 0.343. The van der Waals surface area contributed by atoms with Gasteiger partial charge < -0.3 is 20.1 Å². The van der Waals surface area contributed by atoms with E-state index in [1.54, 1.807) is 0 Å². The molecule has 2 aromatic carbocycles. The van der Waals surface area contributed by atoms with Gasteiger partial charge in [0.15, 0.2) is 0 Å². The maximum atomic E-state index is 12.1. The van der Waals surface area contributed by atoms with E-state index in [1.807, 2.05) is 45.0 Å². The van der Waals surface area contributed by atoms with Crippen molar-refractivity contribution in [2.24, 2.45) is 5.92 Å². The fourth-order valence-corrected chi connectivity index (χ4v) is 4.54. The summed E-state index contributed by atoms with van der Waals surface area (Å²) in [4.78, 5) is 14.2. The van der Waals surface area contributed by atoms with Crippen LogP contribution in [0.3, 0.4) is 0 Å². The molecule has 0 bridgehead atoms. The molecule has 0 radical (unpaired) electrons. The molecular weight excluding hydrogens is 491 g/mol. The summed E-state index contributed by atoms with van der Waals surface area (Å²) >= 11 is 0. The molecule has 0 unspecified atom stereocenters. The second kappa shape index (κ2) is 9.46. The van der Waals surface area contributed by atoms with Gasteiger partial charge in [-0.2, -0.15) is 0 Å². The number of hydrogen-bond acceptors (Lipinski definition) is 5. The van der Waals surface area contributed by atoms with Crippen molar-refractivity contribution in [3.05, 3.63) is 55.1 Å². The third kappa shape index (κ3) is 5.23. The van der Waals surface area contributed by atoms with Crippen LogP contribution >= 0.6 is 0 Å². The number of benzene rings is 2. The maximum absolute atomic E-state index is 12.1. The van der Waals surface area contributed by atoms with Crippen molar-refractivity contribution in [2.75, 3.05) is 23.8 Å². The molecule has 6 nitrogen and oxygen atoms in total. The van der Waals surface area contributed by atoms with Crippen LogP contribution in [0, 0.1) is 13.0 Å². The smallest absolute Gasteiger partial charge is 0.412 e. The van der Waals surface area contributed by atoms with Gasteiger partial charge in [-0.15, -0.1) is 0 Å². The normalized spacial score (nSPS) is 22.5. The van der Waals surface area contributed by atoms with Crippen LogP contribution in [0.1, 0.15) is 38.8 Å². The molecule has 7 heteroatoms. The molecule has 0 spiro atoms. The molecule has 3 atom stereocenters. The minimum absolute atomic E-state index is 0. The number of anilines is 2. The van der Waals surface area contributed by atoms with E-state index in [2.05, 4.69) is 40.8 Å². The zero-order valence-corrected chi connectivity index (χ0v) is 22.6. The van der Waals surface area contributed by atoms with E-state index in [-0.39, 0.29) is 46.0 Å². The van der Waals surface area contributed by atoms with E-state index >= 15 is 0 Å². The first-order valence-electron chi connectivity index (χ1n) is 10.4.